The van der Waals surface area contributed by atoms with Crippen LogP contribution < -0.4 is 11.1 Å². The lowest BCUT2D eigenvalue weighted by Crippen LogP contribution is -2.13. The van der Waals surface area contributed by atoms with Crippen molar-refractivity contribution in [3.63, 3.8) is 0 Å². The number of nitrogens with one attached hydrogen (secondary N) is 1. The first-order valence-corrected chi connectivity index (χ1v) is 12.3. The predicted octanol–water partition coefficient (Wildman–Crippen LogP) is 5.54. The first-order chi connectivity index (χ1) is 17.0. The molecule has 35 heavy (non-hydrogen) atoms. The second-order valence-electron chi connectivity index (χ2n) is 8.24. The van der Waals surface area contributed by atoms with Gasteiger partial charge in [0.2, 0.25) is 0 Å². The average molecular weight is 490 g/mol. The number of carbonyl (C=O) groups excluding carboxylic acids is 1. The van der Waals surface area contributed by atoms with Crippen LogP contribution >= 0.6 is 11.3 Å². The number of thiophene rings is 1. The quantitative estimate of drug-likeness (QED) is 0.188. The van der Waals surface area contributed by atoms with Crippen molar-refractivity contribution in [1.82, 2.24) is 15.0 Å². The van der Waals surface area contributed by atoms with Gasteiger partial charge >= 0.3 is 5.97 Å². The number of carboxylic acids is 1. The lowest BCUT2D eigenvalue weighted by molar-refractivity contribution is -0.137. The van der Waals surface area contributed by atoms with Crippen LogP contribution in [-0.2, 0) is 11.3 Å². The van der Waals surface area contributed by atoms with Crippen LogP contribution in [0, 0.1) is 0 Å². The number of amides is 1. The molecule has 0 spiro atoms. The van der Waals surface area contributed by atoms with Crippen molar-refractivity contribution in [2.75, 3.05) is 11.1 Å². The topological polar surface area (TPSA) is 123 Å². The molecule has 2 aromatic carbocycles. The zero-order valence-corrected chi connectivity index (χ0v) is 20.0. The molecular formula is C26H27N5O3S. The lowest BCUT2D eigenvalue weighted by Gasteiger charge is -2.10. The van der Waals surface area contributed by atoms with Crippen LogP contribution in [0.5, 0.6) is 0 Å². The first kappa shape index (κ1) is 24.2. The Hall–Kier alpha value is -3.98. The number of nitrogen functional groups attached to an aromatic ring is 1. The molecule has 9 heteroatoms. The van der Waals surface area contributed by atoms with E-state index < -0.39 is 5.97 Å². The van der Waals surface area contributed by atoms with Gasteiger partial charge in [-0.3, -0.25) is 14.3 Å². The van der Waals surface area contributed by atoms with Crippen molar-refractivity contribution in [1.29, 1.82) is 0 Å². The van der Waals surface area contributed by atoms with Crippen LogP contribution in [0.15, 0.2) is 66.2 Å². The summed E-state index contributed by atoms with van der Waals surface area (Å²) in [5, 5.41) is 22.1. The SMILES string of the molecule is Nc1ccc(-c2cccs2)cc1NC(=O)c1cccc(-c2cn(CCCCCCC(=O)O)nn2)c1. The highest BCUT2D eigenvalue weighted by Gasteiger charge is 2.12. The fourth-order valence-electron chi connectivity index (χ4n) is 3.72. The van der Waals surface area contributed by atoms with Crippen molar-refractivity contribution < 1.29 is 14.7 Å². The minimum atomic E-state index is -0.753. The summed E-state index contributed by atoms with van der Waals surface area (Å²) in [6, 6.07) is 16.9. The maximum atomic E-state index is 13.0. The largest absolute Gasteiger partial charge is 0.481 e. The molecule has 2 heterocycles. The number of carboxylic acid groups (broad SMARTS) is 1. The molecule has 8 nitrogen and oxygen atoms in total. The number of hydrogen-bond acceptors (Lipinski definition) is 6. The molecule has 0 aliphatic rings. The first-order valence-electron chi connectivity index (χ1n) is 11.5. The molecule has 4 aromatic rings. The summed E-state index contributed by atoms with van der Waals surface area (Å²) in [5.41, 5.74) is 10.2. The van der Waals surface area contributed by atoms with E-state index in [1.807, 2.05) is 48.0 Å². The highest BCUT2D eigenvalue weighted by Crippen LogP contribution is 2.30. The molecule has 4 N–H and O–H groups in total. The van der Waals surface area contributed by atoms with Crippen molar-refractivity contribution in [2.45, 2.75) is 38.6 Å². The normalized spacial score (nSPS) is 10.9. The van der Waals surface area contributed by atoms with Crippen molar-refractivity contribution in [3.05, 3.63) is 71.7 Å². The molecule has 4 rings (SSSR count). The number of nitrogens with two attached hydrogens (primary N) is 1. The van der Waals surface area contributed by atoms with Crippen LogP contribution in [0.1, 0.15) is 42.5 Å². The molecule has 0 fully saturated rings. The number of benzene rings is 2. The Morgan fingerprint density at radius 2 is 1.86 bits per heavy atom. The molecule has 1 amide bonds. The van der Waals surface area contributed by atoms with Gasteiger partial charge in [0.15, 0.2) is 0 Å². The third-order valence-electron chi connectivity index (χ3n) is 5.59. The van der Waals surface area contributed by atoms with Gasteiger partial charge in [0.05, 0.1) is 17.6 Å². The van der Waals surface area contributed by atoms with Gasteiger partial charge in [0, 0.05) is 29.0 Å². The summed E-state index contributed by atoms with van der Waals surface area (Å²) < 4.78 is 1.77. The Labute approximate surface area is 207 Å². The van der Waals surface area contributed by atoms with Gasteiger partial charge in [-0.2, -0.15) is 0 Å². The third kappa shape index (κ3) is 6.54. The number of anilines is 2. The van der Waals surface area contributed by atoms with Crippen LogP contribution in [0.4, 0.5) is 11.4 Å². The van der Waals surface area contributed by atoms with E-state index in [0.29, 0.717) is 35.6 Å². The maximum absolute atomic E-state index is 13.0. The van der Waals surface area contributed by atoms with E-state index in [-0.39, 0.29) is 12.3 Å². The molecular weight excluding hydrogens is 462 g/mol. The molecule has 0 aliphatic heterocycles. The molecule has 0 unspecified atom stereocenters. The van der Waals surface area contributed by atoms with E-state index in [1.165, 1.54) is 0 Å². The number of unbranched alkanes of at least 4 members (excludes halogenated alkanes) is 3. The Morgan fingerprint density at radius 3 is 2.66 bits per heavy atom. The number of aliphatic carboxylic acids is 1. The summed E-state index contributed by atoms with van der Waals surface area (Å²) in [6.45, 7) is 0.708. The molecule has 0 radical (unpaired) electrons. The molecule has 180 valence electrons. The minimum Gasteiger partial charge on any atom is -0.481 e. The van der Waals surface area contributed by atoms with Crippen molar-refractivity contribution in [3.8, 4) is 21.7 Å². The smallest absolute Gasteiger partial charge is 0.303 e. The number of aryl methyl sites for hydroxylation is 1. The fourth-order valence-corrected chi connectivity index (χ4v) is 4.44. The lowest BCUT2D eigenvalue weighted by atomic mass is 10.1. The summed E-state index contributed by atoms with van der Waals surface area (Å²) in [7, 11) is 0. The van der Waals surface area contributed by atoms with Crippen LogP contribution in [0.25, 0.3) is 21.7 Å². The summed E-state index contributed by atoms with van der Waals surface area (Å²) >= 11 is 1.63. The molecule has 0 aliphatic carbocycles. The standard InChI is InChI=1S/C26H27N5O3S/c27-21-12-11-19(24-9-6-14-35-24)16-22(21)28-26(34)20-8-5-7-18(15-20)23-17-31(30-29-23)13-4-2-1-3-10-25(32)33/h5-9,11-12,14-17H,1-4,10,13,27H2,(H,28,34)(H,32,33). The van der Waals surface area contributed by atoms with Crippen LogP contribution in [-0.4, -0.2) is 32.0 Å². The second-order valence-corrected chi connectivity index (χ2v) is 9.19. The summed E-state index contributed by atoms with van der Waals surface area (Å²) in [5.74, 6) is -1.01. The van der Waals surface area contributed by atoms with Gasteiger partial charge in [0.25, 0.3) is 5.91 Å². The van der Waals surface area contributed by atoms with Gasteiger partial charge in [-0.05, 0) is 54.1 Å². The Balaban J connectivity index is 1.38. The minimum absolute atomic E-state index is 0.212. The second kappa shape index (κ2) is 11.4. The van der Waals surface area contributed by atoms with Crippen molar-refractivity contribution >= 4 is 34.6 Å². The fraction of sp³-hybridized carbons (Fsp3) is 0.231. The monoisotopic (exact) mass is 489 g/mol. The van der Waals surface area contributed by atoms with E-state index in [1.54, 1.807) is 34.2 Å². The molecule has 0 saturated carbocycles. The highest BCUT2D eigenvalue weighted by atomic mass is 32.1. The number of aromatic nitrogens is 3. The Kier molecular flexibility index (Phi) is 7.89. The van der Waals surface area contributed by atoms with Gasteiger partial charge in [0.1, 0.15) is 5.69 Å². The van der Waals surface area contributed by atoms with E-state index in [2.05, 4.69) is 15.6 Å². The van der Waals surface area contributed by atoms with E-state index >= 15 is 0 Å². The number of hydrogen-bond donors (Lipinski definition) is 3. The van der Waals surface area contributed by atoms with E-state index in [0.717, 1.165) is 35.3 Å². The van der Waals surface area contributed by atoms with Gasteiger partial charge < -0.3 is 16.2 Å². The van der Waals surface area contributed by atoms with Gasteiger partial charge in [-0.1, -0.05) is 42.3 Å². The zero-order chi connectivity index (χ0) is 24.6. The number of rotatable bonds is 11. The Morgan fingerprint density at radius 1 is 1.00 bits per heavy atom. The van der Waals surface area contributed by atoms with Gasteiger partial charge in [-0.25, -0.2) is 0 Å². The molecule has 2 aromatic heterocycles. The summed E-state index contributed by atoms with van der Waals surface area (Å²) in [4.78, 5) is 24.7. The Bertz CT molecular complexity index is 1300. The average Bonchev–Trinajstić information content (AvgIpc) is 3.55. The number of carbonyl (C=O) groups is 2. The predicted molar refractivity (Wildman–Crippen MR) is 138 cm³/mol. The van der Waals surface area contributed by atoms with Gasteiger partial charge in [-0.15, -0.1) is 16.4 Å². The molecule has 0 atom stereocenters. The zero-order valence-electron chi connectivity index (χ0n) is 19.2. The maximum Gasteiger partial charge on any atom is 0.303 e. The van der Waals surface area contributed by atoms with Crippen LogP contribution in [0.2, 0.25) is 0 Å². The molecule has 0 bridgehead atoms. The van der Waals surface area contributed by atoms with Crippen molar-refractivity contribution in [2.24, 2.45) is 0 Å². The highest BCUT2D eigenvalue weighted by molar-refractivity contribution is 7.13. The van der Waals surface area contributed by atoms with Crippen LogP contribution in [0.3, 0.4) is 0 Å². The third-order valence-corrected chi connectivity index (χ3v) is 6.51. The van der Waals surface area contributed by atoms with E-state index in [4.69, 9.17) is 10.8 Å². The number of nitrogens with zero attached hydrogens (tertiary/aromatic N) is 3. The van der Waals surface area contributed by atoms with E-state index in [9.17, 15) is 9.59 Å². The summed E-state index contributed by atoms with van der Waals surface area (Å²) in [6.07, 6.45) is 5.48. The molecule has 0 saturated heterocycles.